The van der Waals surface area contributed by atoms with Gasteiger partial charge < -0.3 is 18.9 Å². The lowest BCUT2D eigenvalue weighted by atomic mass is 10.0. The molecule has 0 amide bonds. The zero-order valence-electron chi connectivity index (χ0n) is 26.1. The summed E-state index contributed by atoms with van der Waals surface area (Å²) in [6.45, 7) is 5.47. The van der Waals surface area contributed by atoms with E-state index in [2.05, 4.69) is 6.92 Å². The molecule has 0 heterocycles. The molecule has 44 heavy (non-hydrogen) atoms. The van der Waals surface area contributed by atoms with Crippen molar-refractivity contribution >= 4 is 23.7 Å². The van der Waals surface area contributed by atoms with Gasteiger partial charge in [-0.25, -0.2) is 14.0 Å². The first-order valence-electron chi connectivity index (χ1n) is 15.5. The van der Waals surface area contributed by atoms with Crippen LogP contribution in [0.25, 0.3) is 11.1 Å². The van der Waals surface area contributed by atoms with Gasteiger partial charge in [0.15, 0.2) is 11.6 Å². The number of rotatable bonds is 20. The molecule has 8 heteroatoms. The lowest BCUT2D eigenvalue weighted by Gasteiger charge is -2.14. The third kappa shape index (κ3) is 12.3. The molecular weight excluding hydrogens is 579 g/mol. The standard InChI is InChI=1S/C36H45FO6S/c1-4-5-6-7-8-9-10-11-22-41-32-19-16-29(17-20-32)28-12-14-30(15-13-28)35(38)43-34-21-18-31(25-33(34)37)36(39)42-27(2)26-40-23-24-44-3/h12-21,25,27H,4-11,22-24,26H2,1-3H3/t27-/m1/s1. The van der Waals surface area contributed by atoms with Gasteiger partial charge in [0.2, 0.25) is 0 Å². The van der Waals surface area contributed by atoms with E-state index in [1.807, 2.05) is 42.7 Å². The zero-order valence-corrected chi connectivity index (χ0v) is 27.0. The van der Waals surface area contributed by atoms with Crippen LogP contribution in [0.3, 0.4) is 0 Å². The molecule has 0 aliphatic carbocycles. The van der Waals surface area contributed by atoms with Crippen molar-refractivity contribution in [3.8, 4) is 22.6 Å². The molecule has 238 valence electrons. The van der Waals surface area contributed by atoms with E-state index in [9.17, 15) is 14.0 Å². The molecule has 0 unspecified atom stereocenters. The molecule has 1 atom stereocenters. The van der Waals surface area contributed by atoms with E-state index in [4.69, 9.17) is 18.9 Å². The number of hydrogen-bond acceptors (Lipinski definition) is 7. The van der Waals surface area contributed by atoms with Crippen molar-refractivity contribution < 1.29 is 32.9 Å². The Morgan fingerprint density at radius 3 is 2.02 bits per heavy atom. The van der Waals surface area contributed by atoms with Crippen LogP contribution in [0.4, 0.5) is 4.39 Å². The molecule has 0 bridgehead atoms. The van der Waals surface area contributed by atoms with Crippen LogP contribution in [0.15, 0.2) is 66.7 Å². The van der Waals surface area contributed by atoms with Gasteiger partial charge in [-0.3, -0.25) is 0 Å². The maximum absolute atomic E-state index is 14.7. The van der Waals surface area contributed by atoms with E-state index in [1.165, 1.54) is 57.1 Å². The van der Waals surface area contributed by atoms with Gasteiger partial charge in [0.1, 0.15) is 11.9 Å². The molecular formula is C36H45FO6S. The fraction of sp³-hybridized carbons (Fsp3) is 0.444. The predicted molar refractivity (Wildman–Crippen MR) is 175 cm³/mol. The number of unbranched alkanes of at least 4 members (excludes halogenated alkanes) is 7. The van der Waals surface area contributed by atoms with E-state index in [1.54, 1.807) is 30.8 Å². The minimum absolute atomic E-state index is 0.0206. The van der Waals surface area contributed by atoms with Gasteiger partial charge in [0.25, 0.3) is 0 Å². The van der Waals surface area contributed by atoms with Gasteiger partial charge in [0, 0.05) is 5.75 Å². The van der Waals surface area contributed by atoms with Crippen molar-refractivity contribution in [3.63, 3.8) is 0 Å². The Hall–Kier alpha value is -3.36. The molecule has 0 saturated heterocycles. The number of benzene rings is 3. The van der Waals surface area contributed by atoms with Crippen LogP contribution in [0, 0.1) is 5.82 Å². The number of thioether (sulfide) groups is 1. The maximum Gasteiger partial charge on any atom is 0.343 e. The Kier molecular flexibility index (Phi) is 15.8. The fourth-order valence-electron chi connectivity index (χ4n) is 4.51. The number of carbonyl (C=O) groups is 2. The van der Waals surface area contributed by atoms with E-state index in [0.29, 0.717) is 13.2 Å². The van der Waals surface area contributed by atoms with Crippen molar-refractivity contribution in [2.45, 2.75) is 71.3 Å². The molecule has 3 aromatic carbocycles. The molecule has 0 saturated carbocycles. The summed E-state index contributed by atoms with van der Waals surface area (Å²) in [5, 5.41) is 0. The summed E-state index contributed by atoms with van der Waals surface area (Å²) in [6, 6.07) is 18.4. The minimum atomic E-state index is -0.835. The van der Waals surface area contributed by atoms with Crippen molar-refractivity contribution in [3.05, 3.63) is 83.7 Å². The number of hydrogen-bond donors (Lipinski definition) is 0. The molecule has 0 aliphatic rings. The lowest BCUT2D eigenvalue weighted by Crippen LogP contribution is -2.21. The van der Waals surface area contributed by atoms with Crippen LogP contribution in [-0.4, -0.2) is 49.9 Å². The van der Waals surface area contributed by atoms with Crippen molar-refractivity contribution in [2.24, 2.45) is 0 Å². The number of ether oxygens (including phenoxy) is 4. The molecule has 0 spiro atoms. The van der Waals surface area contributed by atoms with Gasteiger partial charge in [0.05, 0.1) is 30.9 Å². The Morgan fingerprint density at radius 2 is 1.39 bits per heavy atom. The molecule has 0 aliphatic heterocycles. The van der Waals surface area contributed by atoms with Crippen molar-refractivity contribution in [2.75, 3.05) is 31.8 Å². The summed E-state index contributed by atoms with van der Waals surface area (Å²) in [4.78, 5) is 25.1. The van der Waals surface area contributed by atoms with Gasteiger partial charge in [-0.1, -0.05) is 76.1 Å². The van der Waals surface area contributed by atoms with Crippen LogP contribution >= 0.6 is 11.8 Å². The first kappa shape index (κ1) is 35.1. The van der Waals surface area contributed by atoms with Gasteiger partial charge >= 0.3 is 11.9 Å². The highest BCUT2D eigenvalue weighted by molar-refractivity contribution is 7.98. The highest BCUT2D eigenvalue weighted by atomic mass is 32.2. The van der Waals surface area contributed by atoms with Crippen LogP contribution in [0.2, 0.25) is 0 Å². The summed E-state index contributed by atoms with van der Waals surface area (Å²) >= 11 is 1.66. The fourth-order valence-corrected chi connectivity index (χ4v) is 4.80. The molecule has 0 aromatic heterocycles. The molecule has 3 aromatic rings. The Bertz CT molecular complexity index is 1280. The highest BCUT2D eigenvalue weighted by Crippen LogP contribution is 2.25. The minimum Gasteiger partial charge on any atom is -0.494 e. The second-order valence-corrected chi connectivity index (χ2v) is 11.7. The Morgan fingerprint density at radius 1 is 0.773 bits per heavy atom. The van der Waals surface area contributed by atoms with Crippen LogP contribution in [-0.2, 0) is 9.47 Å². The van der Waals surface area contributed by atoms with Gasteiger partial charge in [-0.15, -0.1) is 0 Å². The molecule has 3 rings (SSSR count). The molecule has 6 nitrogen and oxygen atoms in total. The van der Waals surface area contributed by atoms with Crippen molar-refractivity contribution in [1.29, 1.82) is 0 Å². The predicted octanol–water partition coefficient (Wildman–Crippen LogP) is 9.16. The van der Waals surface area contributed by atoms with E-state index < -0.39 is 23.9 Å². The first-order chi connectivity index (χ1) is 21.4. The molecule has 0 N–H and O–H groups in total. The van der Waals surface area contributed by atoms with Crippen LogP contribution in [0.1, 0.15) is 85.9 Å². The maximum atomic E-state index is 14.7. The van der Waals surface area contributed by atoms with Crippen LogP contribution < -0.4 is 9.47 Å². The third-order valence-corrected chi connectivity index (χ3v) is 7.61. The topological polar surface area (TPSA) is 71.1 Å². The van der Waals surface area contributed by atoms with E-state index in [0.717, 1.165) is 35.1 Å². The molecule has 0 radical (unpaired) electrons. The summed E-state index contributed by atoms with van der Waals surface area (Å²) in [5.41, 5.74) is 2.21. The van der Waals surface area contributed by atoms with Gasteiger partial charge in [-0.05, 0) is 73.2 Å². The summed E-state index contributed by atoms with van der Waals surface area (Å²) < 4.78 is 36.6. The van der Waals surface area contributed by atoms with E-state index >= 15 is 0 Å². The highest BCUT2D eigenvalue weighted by Gasteiger charge is 2.17. The average Bonchev–Trinajstić information content (AvgIpc) is 3.03. The normalized spacial score (nSPS) is 11.6. The number of esters is 2. The summed E-state index contributed by atoms with van der Waals surface area (Å²) in [7, 11) is 0. The quantitative estimate of drug-likeness (QED) is 0.0705. The second-order valence-electron chi connectivity index (χ2n) is 10.7. The Balaban J connectivity index is 1.44. The average molecular weight is 625 g/mol. The van der Waals surface area contributed by atoms with Gasteiger partial charge in [-0.2, -0.15) is 11.8 Å². The SMILES string of the molecule is CCCCCCCCCCOc1ccc(-c2ccc(C(=O)Oc3ccc(C(=O)O[C@H](C)COCCSC)cc3F)cc2)cc1. The second kappa shape index (κ2) is 19.8. The first-order valence-corrected chi connectivity index (χ1v) is 16.9. The summed E-state index contributed by atoms with van der Waals surface area (Å²) in [6.07, 6.45) is 11.6. The number of carbonyl (C=O) groups excluding carboxylic acids is 2. The van der Waals surface area contributed by atoms with Crippen LogP contribution in [0.5, 0.6) is 11.5 Å². The summed E-state index contributed by atoms with van der Waals surface area (Å²) in [5.74, 6) is -0.805. The zero-order chi connectivity index (χ0) is 31.6. The third-order valence-electron chi connectivity index (χ3n) is 7.04. The lowest BCUT2D eigenvalue weighted by molar-refractivity contribution is 0.00481. The number of halogens is 1. The monoisotopic (exact) mass is 624 g/mol. The Labute approximate surface area is 265 Å². The smallest absolute Gasteiger partial charge is 0.343 e. The van der Waals surface area contributed by atoms with Crippen molar-refractivity contribution in [1.82, 2.24) is 0 Å². The largest absolute Gasteiger partial charge is 0.494 e. The van der Waals surface area contributed by atoms with E-state index in [-0.39, 0.29) is 23.5 Å². The molecule has 0 fully saturated rings.